The van der Waals surface area contributed by atoms with E-state index in [1.54, 1.807) is 23.1 Å². The molecular weight excluding hydrogens is 552 g/mol. The lowest BCUT2D eigenvalue weighted by Crippen LogP contribution is -2.30. The van der Waals surface area contributed by atoms with Crippen LogP contribution in [0, 0.1) is 0 Å². The van der Waals surface area contributed by atoms with E-state index < -0.39 is 5.97 Å². The predicted molar refractivity (Wildman–Crippen MR) is 165 cm³/mol. The van der Waals surface area contributed by atoms with Gasteiger partial charge < -0.3 is 24.9 Å². The lowest BCUT2D eigenvalue weighted by molar-refractivity contribution is -0.131. The average Bonchev–Trinajstić information content (AvgIpc) is 3.71. The molecule has 1 aliphatic rings. The molecule has 8 nitrogen and oxygen atoms in total. The smallest absolute Gasteiger partial charge is 0.308 e. The Hall–Kier alpha value is -5.08. The number of H-pyrrole nitrogens is 2. The van der Waals surface area contributed by atoms with Gasteiger partial charge in [0.2, 0.25) is 0 Å². The second-order valence-electron chi connectivity index (χ2n) is 10.4. The number of aromatic nitrogens is 2. The number of para-hydroxylation sites is 1. The van der Waals surface area contributed by atoms with Crippen molar-refractivity contribution in [2.75, 3.05) is 22.6 Å². The number of hydrogen-bond acceptors (Lipinski definition) is 4. The highest BCUT2D eigenvalue weighted by Gasteiger charge is 2.35. The molecule has 0 spiro atoms. The molecule has 0 bridgehead atoms. The maximum absolute atomic E-state index is 13.9. The fourth-order valence-electron chi connectivity index (χ4n) is 5.84. The van der Waals surface area contributed by atoms with Crippen LogP contribution in [0.25, 0.3) is 32.6 Å². The number of hydrogen-bond donors (Lipinski definition) is 3. The Kier molecular flexibility index (Phi) is 6.21. The maximum Gasteiger partial charge on any atom is 0.308 e. The Labute approximate surface area is 245 Å². The summed E-state index contributed by atoms with van der Waals surface area (Å²) >= 11 is 6.40. The molecular formula is C33H25ClN4O4. The van der Waals surface area contributed by atoms with Crippen LogP contribution in [0.4, 0.5) is 11.4 Å². The van der Waals surface area contributed by atoms with E-state index in [4.69, 9.17) is 16.3 Å². The van der Waals surface area contributed by atoms with E-state index in [-0.39, 0.29) is 17.7 Å². The number of halogens is 1. The number of carbonyl (C=O) groups is 3. The van der Waals surface area contributed by atoms with Gasteiger partial charge in [-0.25, -0.2) is 0 Å². The van der Waals surface area contributed by atoms with Crippen molar-refractivity contribution in [1.29, 1.82) is 0 Å². The van der Waals surface area contributed by atoms with E-state index >= 15 is 0 Å². The number of benzene rings is 4. The van der Waals surface area contributed by atoms with Crippen molar-refractivity contribution in [1.82, 2.24) is 9.97 Å². The molecule has 1 unspecified atom stereocenters. The molecule has 208 valence electrons. The normalized spacial score (nSPS) is 14.4. The third-order valence-corrected chi connectivity index (χ3v) is 8.07. The average molecular weight is 577 g/mol. The van der Waals surface area contributed by atoms with Gasteiger partial charge in [0.25, 0.3) is 11.8 Å². The highest BCUT2D eigenvalue weighted by Crippen LogP contribution is 2.46. The lowest BCUT2D eigenvalue weighted by atomic mass is 9.95. The van der Waals surface area contributed by atoms with E-state index in [2.05, 4.69) is 15.3 Å². The first-order valence-electron chi connectivity index (χ1n) is 13.5. The molecule has 0 saturated carbocycles. The van der Waals surface area contributed by atoms with Crippen LogP contribution in [0.5, 0.6) is 5.75 Å². The molecule has 7 rings (SSSR count). The van der Waals surface area contributed by atoms with Gasteiger partial charge in [0.1, 0.15) is 17.1 Å². The number of esters is 1. The topological polar surface area (TPSA) is 107 Å². The van der Waals surface area contributed by atoms with Crippen LogP contribution in [-0.4, -0.2) is 40.2 Å². The van der Waals surface area contributed by atoms with Crippen molar-refractivity contribution in [2.45, 2.75) is 12.8 Å². The number of ether oxygens (including phenoxy) is 1. The van der Waals surface area contributed by atoms with Crippen LogP contribution in [-0.2, 0) is 4.79 Å². The minimum absolute atomic E-state index is 0.0854. The van der Waals surface area contributed by atoms with Crippen LogP contribution in [0.15, 0.2) is 84.9 Å². The molecule has 0 saturated heterocycles. The monoisotopic (exact) mass is 576 g/mol. The molecule has 42 heavy (non-hydrogen) atoms. The van der Waals surface area contributed by atoms with Crippen LogP contribution in [0.2, 0.25) is 0 Å². The summed E-state index contributed by atoms with van der Waals surface area (Å²) in [5.41, 5.74) is 4.74. The second kappa shape index (κ2) is 10.1. The number of nitrogens with one attached hydrogen (secondary N) is 3. The number of carbonyl (C=O) groups excluding carboxylic acids is 3. The molecule has 1 atom stereocenters. The molecule has 3 N–H and O–H groups in total. The zero-order valence-corrected chi connectivity index (χ0v) is 23.3. The highest BCUT2D eigenvalue weighted by molar-refractivity contribution is 6.19. The first kappa shape index (κ1) is 25.9. The van der Waals surface area contributed by atoms with Gasteiger partial charge in [0.15, 0.2) is 0 Å². The zero-order valence-electron chi connectivity index (χ0n) is 22.5. The van der Waals surface area contributed by atoms with Crippen molar-refractivity contribution in [3.63, 3.8) is 0 Å². The van der Waals surface area contributed by atoms with Gasteiger partial charge in [-0.1, -0.05) is 42.5 Å². The Balaban J connectivity index is 1.20. The molecule has 9 heteroatoms. The fourth-order valence-corrected chi connectivity index (χ4v) is 6.09. The standard InChI is InChI=1S/C33H25ClN4O4/c1-18(39)42-30-15-29-31(24-8-4-3-7-23(24)30)21(16-34)17-38(29)33(41)28-14-20-12-22(10-11-26(20)37-28)35-32(40)27-13-19-6-2-5-9-25(19)36-27/h2-15,21,36-37H,16-17H2,1H3,(H,35,40). The van der Waals surface area contributed by atoms with E-state index in [1.807, 2.05) is 66.7 Å². The highest BCUT2D eigenvalue weighted by atomic mass is 35.5. The zero-order chi connectivity index (χ0) is 29.0. The van der Waals surface area contributed by atoms with E-state index in [9.17, 15) is 14.4 Å². The number of rotatable bonds is 5. The molecule has 2 amide bonds. The number of nitrogens with zero attached hydrogens (tertiary/aromatic N) is 1. The predicted octanol–water partition coefficient (Wildman–Crippen LogP) is 6.96. The van der Waals surface area contributed by atoms with Crippen molar-refractivity contribution in [3.05, 3.63) is 102 Å². The van der Waals surface area contributed by atoms with Gasteiger partial charge in [-0.05, 0) is 47.3 Å². The Morgan fingerprint density at radius 1 is 0.881 bits per heavy atom. The van der Waals surface area contributed by atoms with Crippen molar-refractivity contribution >= 4 is 73.3 Å². The largest absolute Gasteiger partial charge is 0.426 e. The van der Waals surface area contributed by atoms with Gasteiger partial charge in [-0.2, -0.15) is 0 Å². The Morgan fingerprint density at radius 3 is 2.38 bits per heavy atom. The molecule has 2 aromatic heterocycles. The van der Waals surface area contributed by atoms with Gasteiger partial charge in [0, 0.05) is 64.2 Å². The summed E-state index contributed by atoms with van der Waals surface area (Å²) in [4.78, 5) is 46.8. The number of anilines is 2. The van der Waals surface area contributed by atoms with Gasteiger partial charge in [-0.15, -0.1) is 11.6 Å². The fraction of sp³-hybridized carbons (Fsp3) is 0.121. The molecule has 3 heterocycles. The number of aromatic amines is 2. The second-order valence-corrected chi connectivity index (χ2v) is 10.7. The first-order valence-corrected chi connectivity index (χ1v) is 14.1. The van der Waals surface area contributed by atoms with E-state index in [1.165, 1.54) is 6.92 Å². The van der Waals surface area contributed by atoms with Crippen LogP contribution in [0.3, 0.4) is 0 Å². The van der Waals surface area contributed by atoms with Crippen LogP contribution in [0.1, 0.15) is 39.4 Å². The van der Waals surface area contributed by atoms with Gasteiger partial charge in [0.05, 0.1) is 5.69 Å². The quantitative estimate of drug-likeness (QED) is 0.117. The van der Waals surface area contributed by atoms with Crippen molar-refractivity contribution < 1.29 is 19.1 Å². The molecule has 6 aromatic rings. The summed E-state index contributed by atoms with van der Waals surface area (Å²) in [5, 5.41) is 6.37. The molecule has 1 aliphatic heterocycles. The summed E-state index contributed by atoms with van der Waals surface area (Å²) in [5.74, 6) is -0.274. The Morgan fingerprint density at radius 2 is 1.60 bits per heavy atom. The van der Waals surface area contributed by atoms with Crippen molar-refractivity contribution in [3.8, 4) is 5.75 Å². The van der Waals surface area contributed by atoms with Crippen molar-refractivity contribution in [2.24, 2.45) is 0 Å². The molecule has 0 radical (unpaired) electrons. The molecule has 0 aliphatic carbocycles. The Bertz CT molecular complexity index is 2030. The summed E-state index contributed by atoms with van der Waals surface area (Å²) in [6, 6.07) is 26.2. The summed E-state index contributed by atoms with van der Waals surface area (Å²) in [6.07, 6.45) is 0. The van der Waals surface area contributed by atoms with E-state index in [0.29, 0.717) is 40.9 Å². The van der Waals surface area contributed by atoms with Crippen LogP contribution >= 0.6 is 11.6 Å². The van der Waals surface area contributed by atoms with Crippen LogP contribution < -0.4 is 15.0 Å². The SMILES string of the molecule is CC(=O)Oc1cc2c(c3ccccc13)C(CCl)CN2C(=O)c1cc2cc(NC(=O)c3cc4ccccc4[nH]3)ccc2[nH]1. The summed E-state index contributed by atoms with van der Waals surface area (Å²) < 4.78 is 5.54. The number of amides is 2. The summed E-state index contributed by atoms with van der Waals surface area (Å²) in [6.45, 7) is 1.75. The molecule has 4 aromatic carbocycles. The molecule has 0 fully saturated rings. The van der Waals surface area contributed by atoms with Gasteiger partial charge >= 0.3 is 5.97 Å². The first-order chi connectivity index (χ1) is 20.4. The third kappa shape index (κ3) is 4.37. The third-order valence-electron chi connectivity index (χ3n) is 7.70. The minimum atomic E-state index is -0.437. The maximum atomic E-state index is 13.9. The van der Waals surface area contributed by atoms with Gasteiger partial charge in [-0.3, -0.25) is 14.4 Å². The summed E-state index contributed by atoms with van der Waals surface area (Å²) in [7, 11) is 0. The number of fused-ring (bicyclic) bond motifs is 5. The van der Waals surface area contributed by atoms with E-state index in [0.717, 1.165) is 38.1 Å². The minimum Gasteiger partial charge on any atom is -0.426 e. The number of alkyl halides is 1. The lowest BCUT2D eigenvalue weighted by Gasteiger charge is -2.18.